The Morgan fingerprint density at radius 3 is 3.00 bits per heavy atom. The number of ketones is 1. The standard InChI is InChI=1S/C9H8BrNOS/c10-7-4-5(11)3-6-8(12)1-2-13-9(6)7/h3-4H,1-2,11H2. The second kappa shape index (κ2) is 3.35. The molecule has 0 spiro atoms. The van der Waals surface area contributed by atoms with Gasteiger partial charge in [-0.05, 0) is 28.1 Å². The smallest absolute Gasteiger partial charge is 0.164 e. The lowest BCUT2D eigenvalue weighted by Gasteiger charge is -2.15. The van der Waals surface area contributed by atoms with Crippen LogP contribution in [0.15, 0.2) is 21.5 Å². The van der Waals surface area contributed by atoms with Crippen molar-refractivity contribution in [2.24, 2.45) is 0 Å². The summed E-state index contributed by atoms with van der Waals surface area (Å²) in [6.07, 6.45) is 0.619. The van der Waals surface area contributed by atoms with E-state index in [0.29, 0.717) is 12.1 Å². The maximum Gasteiger partial charge on any atom is 0.164 e. The van der Waals surface area contributed by atoms with Crippen molar-refractivity contribution in [2.75, 3.05) is 11.5 Å². The zero-order chi connectivity index (χ0) is 9.42. The lowest BCUT2D eigenvalue weighted by Crippen LogP contribution is -2.09. The minimum absolute atomic E-state index is 0.196. The predicted octanol–water partition coefficient (Wildman–Crippen LogP) is 2.71. The first-order chi connectivity index (χ1) is 6.18. The van der Waals surface area contributed by atoms with Gasteiger partial charge in [0.05, 0.1) is 0 Å². The highest BCUT2D eigenvalue weighted by molar-refractivity contribution is 9.10. The number of Topliss-reactive ketones (excluding diaryl/α,β-unsaturated/α-hetero) is 1. The van der Waals surface area contributed by atoms with E-state index in [9.17, 15) is 4.79 Å². The van der Waals surface area contributed by atoms with Crippen LogP contribution in [0.25, 0.3) is 0 Å². The molecule has 0 aliphatic carbocycles. The summed E-state index contributed by atoms with van der Waals surface area (Å²) < 4.78 is 0.931. The van der Waals surface area contributed by atoms with Crippen LogP contribution in [-0.2, 0) is 0 Å². The molecule has 4 heteroatoms. The molecule has 0 saturated carbocycles. The van der Waals surface area contributed by atoms with Gasteiger partial charge in [-0.3, -0.25) is 4.79 Å². The molecule has 2 nitrogen and oxygen atoms in total. The van der Waals surface area contributed by atoms with Crippen molar-refractivity contribution in [1.82, 2.24) is 0 Å². The number of hydrogen-bond donors (Lipinski definition) is 1. The van der Waals surface area contributed by atoms with E-state index in [-0.39, 0.29) is 5.78 Å². The Balaban J connectivity index is 2.63. The quantitative estimate of drug-likeness (QED) is 0.727. The number of nitrogens with two attached hydrogens (primary N) is 1. The fraction of sp³-hybridized carbons (Fsp3) is 0.222. The van der Waals surface area contributed by atoms with E-state index in [0.717, 1.165) is 20.7 Å². The number of halogens is 1. The van der Waals surface area contributed by atoms with Crippen LogP contribution in [-0.4, -0.2) is 11.5 Å². The average molecular weight is 258 g/mol. The van der Waals surface area contributed by atoms with Crippen molar-refractivity contribution in [1.29, 1.82) is 0 Å². The van der Waals surface area contributed by atoms with E-state index >= 15 is 0 Å². The van der Waals surface area contributed by atoms with Crippen molar-refractivity contribution in [2.45, 2.75) is 11.3 Å². The number of carbonyl (C=O) groups is 1. The van der Waals surface area contributed by atoms with E-state index in [4.69, 9.17) is 5.73 Å². The summed E-state index contributed by atoms with van der Waals surface area (Å²) in [7, 11) is 0. The van der Waals surface area contributed by atoms with E-state index in [1.54, 1.807) is 17.8 Å². The number of anilines is 1. The maximum absolute atomic E-state index is 11.5. The van der Waals surface area contributed by atoms with Gasteiger partial charge in [-0.25, -0.2) is 0 Å². The van der Waals surface area contributed by atoms with E-state index in [2.05, 4.69) is 15.9 Å². The second-order valence-electron chi connectivity index (χ2n) is 2.90. The Bertz CT molecular complexity index is 378. The van der Waals surface area contributed by atoms with Gasteiger partial charge >= 0.3 is 0 Å². The number of thioether (sulfide) groups is 1. The van der Waals surface area contributed by atoms with Crippen molar-refractivity contribution in [3.8, 4) is 0 Å². The van der Waals surface area contributed by atoms with Crippen LogP contribution in [0.2, 0.25) is 0 Å². The Labute approximate surface area is 89.0 Å². The van der Waals surface area contributed by atoms with E-state index in [1.807, 2.05) is 6.07 Å². The summed E-state index contributed by atoms with van der Waals surface area (Å²) in [5.41, 5.74) is 7.06. The highest BCUT2D eigenvalue weighted by atomic mass is 79.9. The second-order valence-corrected chi connectivity index (χ2v) is 4.86. The van der Waals surface area contributed by atoms with Crippen molar-refractivity contribution in [3.63, 3.8) is 0 Å². The molecular formula is C9H8BrNOS. The molecule has 0 bridgehead atoms. The molecule has 0 fully saturated rings. The number of rotatable bonds is 0. The van der Waals surface area contributed by atoms with Crippen LogP contribution in [0.1, 0.15) is 16.8 Å². The number of carbonyl (C=O) groups excluding carboxylic acids is 1. The Morgan fingerprint density at radius 2 is 2.23 bits per heavy atom. The molecule has 1 aromatic rings. The fourth-order valence-corrected chi connectivity index (χ4v) is 3.19. The molecule has 1 aliphatic heterocycles. The molecule has 0 saturated heterocycles. The van der Waals surface area contributed by atoms with Gasteiger partial charge in [0.1, 0.15) is 0 Å². The minimum Gasteiger partial charge on any atom is -0.399 e. The molecule has 1 aliphatic rings. The van der Waals surface area contributed by atoms with Gasteiger partial charge in [0.25, 0.3) is 0 Å². The molecule has 2 N–H and O–H groups in total. The van der Waals surface area contributed by atoms with Gasteiger partial charge in [-0.1, -0.05) is 0 Å². The topological polar surface area (TPSA) is 43.1 Å². The summed E-state index contributed by atoms with van der Waals surface area (Å²) in [6, 6.07) is 3.60. The van der Waals surface area contributed by atoms with E-state index < -0.39 is 0 Å². The first kappa shape index (κ1) is 9.09. The molecule has 0 unspecified atom stereocenters. The molecule has 0 radical (unpaired) electrons. The molecule has 0 aromatic heterocycles. The zero-order valence-electron chi connectivity index (χ0n) is 6.84. The molecule has 13 heavy (non-hydrogen) atoms. The van der Waals surface area contributed by atoms with Crippen LogP contribution in [0, 0.1) is 0 Å². The summed E-state index contributed by atoms with van der Waals surface area (Å²) in [6.45, 7) is 0. The van der Waals surface area contributed by atoms with Crippen LogP contribution >= 0.6 is 27.7 Å². The molecule has 0 atom stereocenters. The van der Waals surface area contributed by atoms with Crippen LogP contribution in [0.3, 0.4) is 0 Å². The van der Waals surface area contributed by atoms with Crippen molar-refractivity contribution in [3.05, 3.63) is 22.2 Å². The highest BCUT2D eigenvalue weighted by Crippen LogP contribution is 2.37. The number of nitrogen functional groups attached to an aromatic ring is 1. The predicted molar refractivity (Wildman–Crippen MR) is 58.2 cm³/mol. The molecular weight excluding hydrogens is 250 g/mol. The van der Waals surface area contributed by atoms with Gasteiger partial charge in [-0.15, -0.1) is 11.8 Å². The third kappa shape index (κ3) is 1.60. The normalized spacial score (nSPS) is 15.6. The van der Waals surface area contributed by atoms with Gasteiger partial charge in [-0.2, -0.15) is 0 Å². The molecule has 68 valence electrons. The molecule has 0 amide bonds. The first-order valence-electron chi connectivity index (χ1n) is 3.93. The monoisotopic (exact) mass is 257 g/mol. The number of fused-ring (bicyclic) bond motifs is 1. The highest BCUT2D eigenvalue weighted by Gasteiger charge is 2.20. The molecule has 1 heterocycles. The summed E-state index contributed by atoms with van der Waals surface area (Å²) in [5, 5.41) is 0. The first-order valence-corrected chi connectivity index (χ1v) is 5.71. The van der Waals surface area contributed by atoms with Crippen LogP contribution in [0.5, 0.6) is 0 Å². The molecule has 1 aromatic carbocycles. The minimum atomic E-state index is 0.196. The Morgan fingerprint density at radius 1 is 1.46 bits per heavy atom. The van der Waals surface area contributed by atoms with Gasteiger partial charge in [0.2, 0.25) is 0 Å². The Hall–Kier alpha value is -0.480. The third-order valence-electron chi connectivity index (χ3n) is 1.94. The fourth-order valence-electron chi connectivity index (χ4n) is 1.35. The lowest BCUT2D eigenvalue weighted by molar-refractivity contribution is 0.0984. The SMILES string of the molecule is Nc1cc(Br)c2c(c1)C(=O)CCS2. The van der Waals surface area contributed by atoms with E-state index in [1.165, 1.54) is 0 Å². The van der Waals surface area contributed by atoms with Gasteiger partial charge in [0.15, 0.2) is 5.78 Å². The number of hydrogen-bond acceptors (Lipinski definition) is 3. The van der Waals surface area contributed by atoms with Gasteiger partial charge < -0.3 is 5.73 Å². The lowest BCUT2D eigenvalue weighted by atomic mass is 10.1. The zero-order valence-corrected chi connectivity index (χ0v) is 9.24. The van der Waals surface area contributed by atoms with Crippen molar-refractivity contribution >= 4 is 39.2 Å². The third-order valence-corrected chi connectivity index (χ3v) is 3.97. The number of benzene rings is 1. The van der Waals surface area contributed by atoms with Gasteiger partial charge in [0, 0.05) is 32.8 Å². The summed E-state index contributed by atoms with van der Waals surface area (Å²) >= 11 is 5.11. The largest absolute Gasteiger partial charge is 0.399 e. The Kier molecular flexibility index (Phi) is 2.34. The maximum atomic E-state index is 11.5. The summed E-state index contributed by atoms with van der Waals surface area (Å²) in [4.78, 5) is 12.5. The summed E-state index contributed by atoms with van der Waals surface area (Å²) in [5.74, 6) is 1.07. The molecule has 2 rings (SSSR count). The van der Waals surface area contributed by atoms with Crippen LogP contribution in [0.4, 0.5) is 5.69 Å². The van der Waals surface area contributed by atoms with Crippen molar-refractivity contribution < 1.29 is 4.79 Å². The van der Waals surface area contributed by atoms with Crippen LogP contribution < -0.4 is 5.73 Å². The average Bonchev–Trinajstić information content (AvgIpc) is 2.07.